The van der Waals surface area contributed by atoms with Crippen molar-refractivity contribution >= 4 is 40.5 Å². The molecular weight excluding hydrogens is 444 g/mol. The van der Waals surface area contributed by atoms with Gasteiger partial charge in [-0.25, -0.2) is 0 Å². The third-order valence-corrected chi connectivity index (χ3v) is 5.28. The van der Waals surface area contributed by atoms with Crippen LogP contribution in [-0.2, 0) is 11.2 Å². The summed E-state index contributed by atoms with van der Waals surface area (Å²) in [5, 5.41) is 16.4. The van der Waals surface area contributed by atoms with Crippen molar-refractivity contribution < 1.29 is 14.5 Å². The standard InChI is InChI=1S/C24H23ClN4O4/c1-28(2)18-10-8-17(9-11-18)23(30)27-22(14-16-6-4-3-5-7-16)24(31)26-21-13-12-19(29(32)33)15-20(21)25/h3-13,15,22H,14H2,1-2H3,(H,26,31)(H,27,30). The SMILES string of the molecule is CN(C)c1ccc(C(=O)NC(Cc2ccccc2)C(=O)Nc2ccc([N+](=O)[O-])cc2Cl)cc1. The maximum Gasteiger partial charge on any atom is 0.271 e. The van der Waals surface area contributed by atoms with E-state index in [4.69, 9.17) is 11.6 Å². The molecule has 1 atom stereocenters. The van der Waals surface area contributed by atoms with Gasteiger partial charge in [-0.3, -0.25) is 19.7 Å². The van der Waals surface area contributed by atoms with E-state index >= 15 is 0 Å². The normalized spacial score (nSPS) is 11.4. The Morgan fingerprint density at radius 2 is 1.70 bits per heavy atom. The van der Waals surface area contributed by atoms with Crippen molar-refractivity contribution in [2.75, 3.05) is 24.3 Å². The number of rotatable bonds is 8. The first-order valence-electron chi connectivity index (χ1n) is 10.1. The van der Waals surface area contributed by atoms with E-state index in [0.29, 0.717) is 5.56 Å². The lowest BCUT2D eigenvalue weighted by Gasteiger charge is -2.19. The average molecular weight is 467 g/mol. The van der Waals surface area contributed by atoms with Gasteiger partial charge in [0.2, 0.25) is 5.91 Å². The minimum atomic E-state index is -0.903. The van der Waals surface area contributed by atoms with Crippen LogP contribution in [0, 0.1) is 10.1 Å². The van der Waals surface area contributed by atoms with Gasteiger partial charge in [0.15, 0.2) is 0 Å². The fourth-order valence-electron chi connectivity index (χ4n) is 3.15. The van der Waals surface area contributed by atoms with Gasteiger partial charge in [-0.05, 0) is 35.9 Å². The fourth-order valence-corrected chi connectivity index (χ4v) is 3.37. The van der Waals surface area contributed by atoms with Gasteiger partial charge in [0, 0.05) is 43.9 Å². The molecule has 0 saturated heterocycles. The summed E-state index contributed by atoms with van der Waals surface area (Å²) in [6.07, 6.45) is 0.249. The van der Waals surface area contributed by atoms with E-state index < -0.39 is 22.8 Å². The summed E-state index contributed by atoms with van der Waals surface area (Å²) >= 11 is 6.11. The van der Waals surface area contributed by atoms with E-state index in [1.54, 1.807) is 12.1 Å². The van der Waals surface area contributed by atoms with Gasteiger partial charge in [0.25, 0.3) is 11.6 Å². The van der Waals surface area contributed by atoms with Crippen molar-refractivity contribution in [2.24, 2.45) is 0 Å². The highest BCUT2D eigenvalue weighted by Gasteiger charge is 2.23. The first-order chi connectivity index (χ1) is 15.7. The molecule has 0 aliphatic rings. The molecule has 8 nitrogen and oxygen atoms in total. The monoisotopic (exact) mass is 466 g/mol. The van der Waals surface area contributed by atoms with Gasteiger partial charge >= 0.3 is 0 Å². The van der Waals surface area contributed by atoms with Crippen molar-refractivity contribution in [3.8, 4) is 0 Å². The molecule has 0 bridgehead atoms. The Morgan fingerprint density at radius 3 is 2.27 bits per heavy atom. The lowest BCUT2D eigenvalue weighted by molar-refractivity contribution is -0.384. The van der Waals surface area contributed by atoms with Gasteiger partial charge in [-0.2, -0.15) is 0 Å². The summed E-state index contributed by atoms with van der Waals surface area (Å²) in [5.41, 5.74) is 2.25. The molecule has 3 aromatic carbocycles. The number of carbonyl (C=O) groups is 2. The number of nitro benzene ring substituents is 1. The summed E-state index contributed by atoms with van der Waals surface area (Å²) in [6.45, 7) is 0. The number of anilines is 2. The number of benzene rings is 3. The fraction of sp³-hybridized carbons (Fsp3) is 0.167. The van der Waals surface area contributed by atoms with Crippen molar-refractivity contribution in [2.45, 2.75) is 12.5 Å². The molecule has 3 aromatic rings. The van der Waals surface area contributed by atoms with E-state index in [9.17, 15) is 19.7 Å². The smallest absolute Gasteiger partial charge is 0.271 e. The Labute approximate surface area is 196 Å². The molecule has 2 amide bonds. The number of carbonyl (C=O) groups excluding carboxylic acids is 2. The molecule has 0 aliphatic heterocycles. The number of hydrogen-bond donors (Lipinski definition) is 2. The molecule has 0 fully saturated rings. The molecule has 33 heavy (non-hydrogen) atoms. The number of amides is 2. The van der Waals surface area contributed by atoms with Crippen LogP contribution in [0.5, 0.6) is 0 Å². The van der Waals surface area contributed by atoms with E-state index in [1.807, 2.05) is 61.5 Å². The van der Waals surface area contributed by atoms with Crippen LogP contribution in [0.15, 0.2) is 72.8 Å². The Balaban J connectivity index is 1.80. The number of nitrogens with zero attached hydrogens (tertiary/aromatic N) is 2. The van der Waals surface area contributed by atoms with Crippen LogP contribution >= 0.6 is 11.6 Å². The molecule has 0 radical (unpaired) electrons. The maximum atomic E-state index is 13.1. The Hall–Kier alpha value is -3.91. The molecule has 0 aromatic heterocycles. The molecule has 0 saturated carbocycles. The highest BCUT2D eigenvalue weighted by molar-refractivity contribution is 6.34. The molecule has 0 spiro atoms. The minimum Gasteiger partial charge on any atom is -0.378 e. The molecule has 3 rings (SSSR count). The van der Waals surface area contributed by atoms with E-state index in [0.717, 1.165) is 17.3 Å². The summed E-state index contributed by atoms with van der Waals surface area (Å²) < 4.78 is 0. The zero-order valence-corrected chi connectivity index (χ0v) is 18.9. The molecule has 9 heteroatoms. The number of halogens is 1. The second-order valence-electron chi connectivity index (χ2n) is 7.57. The molecule has 2 N–H and O–H groups in total. The Kier molecular flexibility index (Phi) is 7.63. The van der Waals surface area contributed by atoms with Crippen LogP contribution in [0.25, 0.3) is 0 Å². The third-order valence-electron chi connectivity index (χ3n) is 4.97. The van der Waals surface area contributed by atoms with Crippen LogP contribution in [0.2, 0.25) is 5.02 Å². The van der Waals surface area contributed by atoms with Gasteiger partial charge in [0.05, 0.1) is 15.6 Å². The number of nitrogens with one attached hydrogen (secondary N) is 2. The zero-order valence-electron chi connectivity index (χ0n) is 18.1. The second-order valence-corrected chi connectivity index (χ2v) is 7.97. The lowest BCUT2D eigenvalue weighted by atomic mass is 10.0. The van der Waals surface area contributed by atoms with Crippen LogP contribution in [0.1, 0.15) is 15.9 Å². The maximum absolute atomic E-state index is 13.1. The number of hydrogen-bond acceptors (Lipinski definition) is 5. The minimum absolute atomic E-state index is 0.0293. The van der Waals surface area contributed by atoms with Crippen LogP contribution < -0.4 is 15.5 Å². The Bertz CT molecular complexity index is 1150. The summed E-state index contributed by atoms with van der Waals surface area (Å²) in [7, 11) is 3.80. The first-order valence-corrected chi connectivity index (χ1v) is 10.5. The Morgan fingerprint density at radius 1 is 1.03 bits per heavy atom. The predicted molar refractivity (Wildman–Crippen MR) is 129 cm³/mol. The lowest BCUT2D eigenvalue weighted by Crippen LogP contribution is -2.45. The van der Waals surface area contributed by atoms with Crippen LogP contribution in [0.3, 0.4) is 0 Å². The molecule has 170 valence electrons. The van der Waals surface area contributed by atoms with Crippen molar-refractivity contribution in [3.63, 3.8) is 0 Å². The van der Waals surface area contributed by atoms with Gasteiger partial charge in [-0.15, -0.1) is 0 Å². The summed E-state index contributed by atoms with van der Waals surface area (Å²) in [5.74, 6) is -0.890. The molecule has 0 aliphatic carbocycles. The molecular formula is C24H23ClN4O4. The topological polar surface area (TPSA) is 105 Å². The van der Waals surface area contributed by atoms with Crippen molar-refractivity contribution in [3.05, 3.63) is 99.1 Å². The zero-order chi connectivity index (χ0) is 24.0. The van der Waals surface area contributed by atoms with Gasteiger partial charge in [0.1, 0.15) is 6.04 Å². The molecule has 1 unspecified atom stereocenters. The molecule has 0 heterocycles. The summed E-state index contributed by atoms with van der Waals surface area (Å²) in [6, 6.07) is 19.2. The van der Waals surface area contributed by atoms with Gasteiger partial charge < -0.3 is 15.5 Å². The van der Waals surface area contributed by atoms with Crippen LogP contribution in [-0.4, -0.2) is 36.9 Å². The number of non-ortho nitro benzene ring substituents is 1. The van der Waals surface area contributed by atoms with E-state index in [-0.39, 0.29) is 22.8 Å². The summed E-state index contributed by atoms with van der Waals surface area (Å²) in [4.78, 5) is 38.2. The van der Waals surface area contributed by atoms with E-state index in [2.05, 4.69) is 10.6 Å². The van der Waals surface area contributed by atoms with Crippen molar-refractivity contribution in [1.82, 2.24) is 5.32 Å². The predicted octanol–water partition coefficient (Wildman–Crippen LogP) is 4.29. The second kappa shape index (κ2) is 10.6. The van der Waals surface area contributed by atoms with Crippen LogP contribution in [0.4, 0.5) is 17.1 Å². The van der Waals surface area contributed by atoms with Crippen molar-refractivity contribution in [1.29, 1.82) is 0 Å². The number of nitro groups is 1. The van der Waals surface area contributed by atoms with Gasteiger partial charge in [-0.1, -0.05) is 41.9 Å². The largest absolute Gasteiger partial charge is 0.378 e. The highest BCUT2D eigenvalue weighted by Crippen LogP contribution is 2.27. The quantitative estimate of drug-likeness (QED) is 0.380. The third kappa shape index (κ3) is 6.30. The highest BCUT2D eigenvalue weighted by atomic mass is 35.5. The van der Waals surface area contributed by atoms with E-state index in [1.165, 1.54) is 12.1 Å². The first kappa shape index (κ1) is 23.7. The average Bonchev–Trinajstić information content (AvgIpc) is 2.80.